The minimum absolute atomic E-state index is 0.0460. The molecule has 8 heterocycles. The molecule has 0 aliphatic carbocycles. The molecule has 0 spiro atoms. The van der Waals surface area contributed by atoms with Gasteiger partial charge in [-0.2, -0.15) is 23.2 Å². The number of nitrogens with zero attached hydrogens (tertiary/aromatic N) is 8. The van der Waals surface area contributed by atoms with Crippen molar-refractivity contribution in [2.24, 2.45) is 33.7 Å². The molecule has 4 bridgehead atoms. The van der Waals surface area contributed by atoms with Gasteiger partial charge in [-0.3, -0.25) is 39.6 Å². The van der Waals surface area contributed by atoms with Crippen LogP contribution in [0, 0.1) is 23.7 Å². The summed E-state index contributed by atoms with van der Waals surface area (Å²) in [5.41, 5.74) is 2.30. The Labute approximate surface area is 415 Å². The Morgan fingerprint density at radius 1 is 0.712 bits per heavy atom. The number of aliphatic carboxylic acids is 1. The van der Waals surface area contributed by atoms with Crippen LogP contribution < -0.4 is 21.7 Å². The van der Waals surface area contributed by atoms with Gasteiger partial charge >= 0.3 is 30.4 Å². The largest absolute Gasteiger partial charge is 0.490 e. The summed E-state index contributed by atoms with van der Waals surface area (Å²) < 4.78 is 53.1. The zero-order valence-corrected chi connectivity index (χ0v) is 40.7. The molecule has 73 heavy (non-hydrogen) atoms. The Kier molecular flexibility index (Phi) is 18.3. The average Bonchev–Trinajstić information content (AvgIpc) is 4.16. The second-order valence-corrected chi connectivity index (χ2v) is 18.5. The van der Waals surface area contributed by atoms with Crippen LogP contribution in [0.5, 0.6) is 0 Å². The summed E-state index contributed by atoms with van der Waals surface area (Å²) in [5, 5.41) is 14.7. The third-order valence-corrected chi connectivity index (χ3v) is 10.6. The number of aliphatic imine (C=N–C) groups is 2. The summed E-state index contributed by atoms with van der Waals surface area (Å²) in [6, 6.07) is 2.84. The topological polar surface area (TPSA) is 340 Å². The van der Waals surface area contributed by atoms with E-state index in [4.69, 9.17) is 28.8 Å². The van der Waals surface area contributed by atoms with Crippen molar-refractivity contribution in [1.82, 2.24) is 45.7 Å². The molecule has 394 valence electrons. The minimum atomic E-state index is -5.08. The smallest absolute Gasteiger partial charge is 0.475 e. The van der Waals surface area contributed by atoms with Crippen LogP contribution in [-0.2, 0) is 49.3 Å². The maximum atomic E-state index is 12.5. The van der Waals surface area contributed by atoms with Gasteiger partial charge in [0.05, 0.1) is 67.6 Å². The van der Waals surface area contributed by atoms with Crippen molar-refractivity contribution >= 4 is 65.4 Å². The lowest BCUT2D eigenvalue weighted by molar-refractivity contribution is -0.367. The molecule has 8 atom stereocenters. The Hall–Kier alpha value is -7.59. The number of hydrogen-bond acceptors (Lipinski definition) is 17. The maximum absolute atomic E-state index is 12.5. The van der Waals surface area contributed by atoms with Gasteiger partial charge in [0.2, 0.25) is 23.6 Å². The average molecular weight is 1030 g/mol. The summed E-state index contributed by atoms with van der Waals surface area (Å²) in [7, 11) is 0. The molecule has 2 aromatic rings. The summed E-state index contributed by atoms with van der Waals surface area (Å²) in [6.45, 7) is 13.2. The summed E-state index contributed by atoms with van der Waals surface area (Å²) in [6.07, 6.45) is 6.14. The first kappa shape index (κ1) is 56.3. The number of carboxylic acids is 1. The van der Waals surface area contributed by atoms with E-state index in [0.717, 1.165) is 0 Å². The zero-order chi connectivity index (χ0) is 54.0. The third kappa shape index (κ3) is 15.5. The molecule has 8 amide bonds. The number of alkyl halides is 3. The van der Waals surface area contributed by atoms with Gasteiger partial charge < -0.3 is 35.1 Å². The van der Waals surface area contributed by atoms with Crippen LogP contribution in [-0.4, -0.2) is 162 Å². The zero-order valence-electron chi connectivity index (χ0n) is 40.7. The van der Waals surface area contributed by atoms with Crippen LogP contribution >= 0.6 is 0 Å². The van der Waals surface area contributed by atoms with E-state index in [1.165, 1.54) is 9.80 Å². The number of alkyl carbamates (subject to hydrolysis) is 1. The van der Waals surface area contributed by atoms with Crippen molar-refractivity contribution in [1.29, 1.82) is 0 Å². The number of rotatable bonds is 8. The van der Waals surface area contributed by atoms with E-state index in [-0.39, 0.29) is 91.2 Å². The van der Waals surface area contributed by atoms with Gasteiger partial charge in [-0.25, -0.2) is 39.1 Å². The second kappa shape index (κ2) is 23.8. The molecular weight excluding hydrogens is 974 g/mol. The Balaban J connectivity index is 0.000000196. The highest BCUT2D eigenvalue weighted by atomic mass is 19.4. The summed E-state index contributed by atoms with van der Waals surface area (Å²) in [4.78, 5) is 120. The number of amides is 8. The fourth-order valence-corrected chi connectivity index (χ4v) is 7.85. The number of nitrogens with one attached hydrogen (secondary N) is 3. The normalized spacial score (nSPS) is 24.4. The highest BCUT2D eigenvalue weighted by molar-refractivity contribution is 6.07. The standard InChI is InChI=1S/C17H18N6O4.C16H24N4O4.C10H12N2O3.C2HF3O2/c1-9(21-16-18-5-2-6-19-16)22-17(26)20-7-8-23-14(24)12-10-3-4-11(27-10)13(12)15(23)25;1-15(2,3)23-13(21)19-12(10-11-17-8-7-9-18-11)20-14(22)24-16(4,5)6;11-3-4-12-9(13)7-5-1-2-6(15-5)8(7)10(12)14;3-2(4,5)1(6)7/h2-6,10-13H,7-8H2,1H3,(H2,18,19,20,21,22,26);7-9H,10H2,1-6H3,(H,19,20,21,22);1-2,5-8H,3-4,11H2;(H,6,7)/p+1. The molecule has 25 nitrogen and oxygen atoms in total. The minimum Gasteiger partial charge on any atom is -0.475 e. The Bertz CT molecular complexity index is 2460. The first-order valence-electron chi connectivity index (χ1n) is 22.6. The van der Waals surface area contributed by atoms with Crippen molar-refractivity contribution in [2.45, 2.75) is 96.7 Å². The highest BCUT2D eigenvalue weighted by Crippen LogP contribution is 2.46. The number of carbonyl (C=O) groups excluding carboxylic acids is 7. The predicted molar refractivity (Wildman–Crippen MR) is 245 cm³/mol. The van der Waals surface area contributed by atoms with Gasteiger partial charge in [0.25, 0.3) is 5.95 Å². The molecule has 28 heteroatoms. The summed E-state index contributed by atoms with van der Waals surface area (Å²) in [5.74, 6) is -3.77. The molecule has 6 aliphatic heterocycles. The molecule has 4 fully saturated rings. The van der Waals surface area contributed by atoms with E-state index in [2.05, 4.69) is 51.6 Å². The van der Waals surface area contributed by atoms with E-state index >= 15 is 0 Å². The van der Waals surface area contributed by atoms with Crippen molar-refractivity contribution in [3.63, 3.8) is 0 Å². The molecule has 6 aliphatic rings. The van der Waals surface area contributed by atoms with Gasteiger partial charge in [-0.05, 0) is 60.6 Å². The number of likely N-dealkylation sites (tertiary alicyclic amines) is 2. The number of carbonyl (C=O) groups is 8. The van der Waals surface area contributed by atoms with Crippen molar-refractivity contribution < 1.29 is 81.3 Å². The number of halogens is 3. The van der Waals surface area contributed by atoms with Crippen molar-refractivity contribution in [3.8, 4) is 0 Å². The van der Waals surface area contributed by atoms with E-state index in [0.29, 0.717) is 24.7 Å². The molecule has 0 aromatic carbocycles. The quantitative estimate of drug-likeness (QED) is 0.108. The van der Waals surface area contributed by atoms with Gasteiger partial charge in [0, 0.05) is 37.9 Å². The maximum Gasteiger partial charge on any atom is 0.490 e. The fourth-order valence-electron chi connectivity index (χ4n) is 7.85. The van der Waals surface area contributed by atoms with E-state index < -0.39 is 53.4 Å². The lowest BCUT2D eigenvalue weighted by Crippen LogP contribution is -2.56. The van der Waals surface area contributed by atoms with Crippen molar-refractivity contribution in [2.75, 3.05) is 26.2 Å². The number of carboxylic acid groups (broad SMARTS) is 1. The predicted octanol–water partition coefficient (Wildman–Crippen LogP) is 1.44. The lowest BCUT2D eigenvalue weighted by atomic mass is 9.85. The third-order valence-electron chi connectivity index (χ3n) is 10.6. The SMILES string of the molecule is CC(=Nc1ncccn1)NC(=O)NCCN1C(=O)C2C3C=CC(O3)C2C1=O.CC(C)(C)OC(=O)N=C(Cc1ncccn1)NC(=O)OC(C)(C)C.O=C(O)C(F)(F)F.[NH3+]CCN1C(=O)C2C3C=CC(O3)C2C1=O. The second-order valence-electron chi connectivity index (χ2n) is 18.5. The molecule has 8 rings (SSSR count). The van der Waals surface area contributed by atoms with Crippen LogP contribution in [0.4, 0.5) is 33.5 Å². The van der Waals surface area contributed by atoms with Crippen LogP contribution in [0.2, 0.25) is 0 Å². The van der Waals surface area contributed by atoms with Crippen LogP contribution in [0.1, 0.15) is 54.3 Å². The molecule has 4 saturated heterocycles. The highest BCUT2D eigenvalue weighted by Gasteiger charge is 2.61. The molecule has 7 N–H and O–H groups in total. The van der Waals surface area contributed by atoms with Gasteiger partial charge in [0.1, 0.15) is 28.7 Å². The molecule has 0 radical (unpaired) electrons. The molecular formula is C45H56F3N12O13+. The van der Waals surface area contributed by atoms with Crippen LogP contribution in [0.25, 0.3) is 0 Å². The first-order chi connectivity index (χ1) is 34.2. The van der Waals surface area contributed by atoms with E-state index in [1.807, 2.05) is 24.3 Å². The Morgan fingerprint density at radius 3 is 1.55 bits per heavy atom. The molecule has 8 unspecified atom stereocenters. The number of quaternary nitrogens is 1. The van der Waals surface area contributed by atoms with Gasteiger partial charge in [-0.1, -0.05) is 24.3 Å². The number of ether oxygens (including phenoxy) is 4. The molecule has 0 saturated carbocycles. The van der Waals surface area contributed by atoms with Crippen molar-refractivity contribution in [3.05, 3.63) is 67.0 Å². The first-order valence-corrected chi connectivity index (χ1v) is 22.6. The molecule has 2 aromatic heterocycles. The number of imide groups is 2. The van der Waals surface area contributed by atoms with E-state index in [1.54, 1.807) is 85.4 Å². The lowest BCUT2D eigenvalue weighted by Gasteiger charge is -2.20. The van der Waals surface area contributed by atoms with Crippen LogP contribution in [0.3, 0.4) is 0 Å². The van der Waals surface area contributed by atoms with E-state index in [9.17, 15) is 46.7 Å². The summed E-state index contributed by atoms with van der Waals surface area (Å²) >= 11 is 0. The number of hydrogen-bond donors (Lipinski definition) is 5. The number of urea groups is 1. The Morgan fingerprint density at radius 2 is 1.14 bits per heavy atom. The number of amidine groups is 2. The van der Waals surface area contributed by atoms with Gasteiger partial charge in [-0.15, -0.1) is 0 Å². The fraction of sp³-hybridized carbons (Fsp3) is 0.511. The number of fused-ring (bicyclic) bond motifs is 10. The monoisotopic (exact) mass is 1030 g/mol. The van der Waals surface area contributed by atoms with Gasteiger partial charge in [0.15, 0.2) is 0 Å². The number of aromatic nitrogens is 4. The van der Waals surface area contributed by atoms with Crippen LogP contribution in [0.15, 0.2) is 71.2 Å².